The van der Waals surface area contributed by atoms with Gasteiger partial charge in [-0.2, -0.15) is 0 Å². The van der Waals surface area contributed by atoms with Gasteiger partial charge >= 0.3 is 0 Å². The lowest BCUT2D eigenvalue weighted by Gasteiger charge is -2.11. The molecule has 0 aromatic heterocycles. The molecule has 0 fully saturated rings. The Morgan fingerprint density at radius 2 is 1.67 bits per heavy atom. The van der Waals surface area contributed by atoms with E-state index in [4.69, 9.17) is 28.6 Å². The van der Waals surface area contributed by atoms with E-state index in [2.05, 4.69) is 23.1 Å². The van der Waals surface area contributed by atoms with Gasteiger partial charge in [0.1, 0.15) is 5.75 Å². The number of carbonyl (C=O) groups is 2. The largest absolute Gasteiger partial charge is 0.494 e. The Kier molecular flexibility index (Phi) is 10.1. The second kappa shape index (κ2) is 12.8. The molecule has 0 aliphatic carbocycles. The number of hydrazine groups is 1. The van der Waals surface area contributed by atoms with E-state index in [0.717, 1.165) is 24.2 Å². The molecule has 2 amide bonds. The van der Waals surface area contributed by atoms with Gasteiger partial charge < -0.3 is 4.74 Å². The summed E-state index contributed by atoms with van der Waals surface area (Å²) in [7, 11) is 0. The second-order valence-electron chi connectivity index (χ2n) is 6.69. The van der Waals surface area contributed by atoms with Crippen LogP contribution < -0.4 is 20.9 Å². The maximum Gasteiger partial charge on any atom is 0.257 e. The van der Waals surface area contributed by atoms with Crippen molar-refractivity contribution in [3.63, 3.8) is 0 Å². The zero-order valence-corrected chi connectivity index (χ0v) is 18.4. The van der Waals surface area contributed by atoms with Crippen LogP contribution in [0.1, 0.15) is 48.5 Å². The van der Waals surface area contributed by atoms with Gasteiger partial charge in [0.05, 0.1) is 13.0 Å². The molecule has 0 bridgehead atoms. The molecule has 30 heavy (non-hydrogen) atoms. The summed E-state index contributed by atoms with van der Waals surface area (Å²) in [5.74, 6) is 0.0431. The first-order valence-electron chi connectivity index (χ1n) is 9.85. The summed E-state index contributed by atoms with van der Waals surface area (Å²) >= 11 is 10.9. The molecule has 8 heteroatoms. The highest BCUT2D eigenvalue weighted by Gasteiger charge is 2.09. The zero-order chi connectivity index (χ0) is 21.8. The molecule has 0 unspecified atom stereocenters. The van der Waals surface area contributed by atoms with Gasteiger partial charge in [0.2, 0.25) is 5.91 Å². The van der Waals surface area contributed by atoms with Gasteiger partial charge in [-0.3, -0.25) is 25.8 Å². The van der Waals surface area contributed by atoms with Crippen molar-refractivity contribution in [2.45, 2.75) is 39.0 Å². The Balaban J connectivity index is 1.71. The molecular weight excluding hydrogens is 422 g/mol. The third-order valence-corrected chi connectivity index (χ3v) is 4.66. The predicted molar refractivity (Wildman–Crippen MR) is 123 cm³/mol. The van der Waals surface area contributed by atoms with Gasteiger partial charge in [0, 0.05) is 10.6 Å². The molecule has 0 saturated heterocycles. The third-order valence-electron chi connectivity index (χ3n) is 4.20. The Labute approximate surface area is 187 Å². The zero-order valence-electron chi connectivity index (χ0n) is 16.9. The maximum absolute atomic E-state index is 12.3. The van der Waals surface area contributed by atoms with E-state index >= 15 is 0 Å². The highest BCUT2D eigenvalue weighted by molar-refractivity contribution is 7.80. The molecule has 0 aliphatic heterocycles. The van der Waals surface area contributed by atoms with Crippen molar-refractivity contribution in [1.82, 2.24) is 16.2 Å². The third kappa shape index (κ3) is 8.80. The normalized spacial score (nSPS) is 10.2. The van der Waals surface area contributed by atoms with E-state index < -0.39 is 0 Å². The molecule has 0 radical (unpaired) electrons. The predicted octanol–water partition coefficient (Wildman–Crippen LogP) is 4.18. The first-order chi connectivity index (χ1) is 14.5. The molecule has 2 aromatic rings. The number of hydrogen-bond acceptors (Lipinski definition) is 4. The van der Waals surface area contributed by atoms with E-state index in [9.17, 15) is 9.59 Å². The summed E-state index contributed by atoms with van der Waals surface area (Å²) in [5.41, 5.74) is 6.21. The summed E-state index contributed by atoms with van der Waals surface area (Å²) in [4.78, 5) is 24.2. The number of carbonyl (C=O) groups excluding carboxylic acids is 2. The van der Waals surface area contributed by atoms with Crippen molar-refractivity contribution in [1.29, 1.82) is 0 Å². The number of nitrogens with one attached hydrogen (secondary N) is 3. The van der Waals surface area contributed by atoms with E-state index in [1.807, 2.05) is 0 Å². The average molecular weight is 448 g/mol. The molecule has 0 aliphatic rings. The van der Waals surface area contributed by atoms with Crippen LogP contribution >= 0.6 is 23.8 Å². The molecule has 0 heterocycles. The van der Waals surface area contributed by atoms with Crippen LogP contribution in [0.15, 0.2) is 48.5 Å². The quantitative estimate of drug-likeness (QED) is 0.305. The Bertz CT molecular complexity index is 842. The first-order valence-corrected chi connectivity index (χ1v) is 10.6. The Hall–Kier alpha value is -2.64. The molecule has 6 nitrogen and oxygen atoms in total. The van der Waals surface area contributed by atoms with E-state index in [1.165, 1.54) is 12.8 Å². The first kappa shape index (κ1) is 23.6. The van der Waals surface area contributed by atoms with E-state index in [1.54, 1.807) is 48.5 Å². The van der Waals surface area contributed by atoms with Crippen LogP contribution in [0.2, 0.25) is 5.02 Å². The molecular formula is C22H26ClN3O3S. The fourth-order valence-electron chi connectivity index (χ4n) is 2.59. The van der Waals surface area contributed by atoms with Crippen LogP contribution in [0.4, 0.5) is 0 Å². The van der Waals surface area contributed by atoms with Crippen LogP contribution in [0.5, 0.6) is 5.75 Å². The minimum Gasteiger partial charge on any atom is -0.494 e. The van der Waals surface area contributed by atoms with Crippen molar-refractivity contribution in [2.24, 2.45) is 0 Å². The van der Waals surface area contributed by atoms with Gasteiger partial charge in [0.25, 0.3) is 5.91 Å². The Morgan fingerprint density at radius 3 is 2.33 bits per heavy atom. The molecule has 0 atom stereocenters. The number of ether oxygens (including phenoxy) is 1. The Morgan fingerprint density at radius 1 is 0.967 bits per heavy atom. The highest BCUT2D eigenvalue weighted by Crippen LogP contribution is 2.13. The van der Waals surface area contributed by atoms with Gasteiger partial charge in [-0.05, 0) is 60.6 Å². The van der Waals surface area contributed by atoms with Gasteiger partial charge in [-0.25, -0.2) is 0 Å². The van der Waals surface area contributed by atoms with Crippen molar-refractivity contribution < 1.29 is 14.3 Å². The second-order valence-corrected chi connectivity index (χ2v) is 7.54. The maximum atomic E-state index is 12.3. The summed E-state index contributed by atoms with van der Waals surface area (Å²) in [6.07, 6.45) is 4.71. The number of rotatable bonds is 9. The van der Waals surface area contributed by atoms with Gasteiger partial charge in [-0.1, -0.05) is 49.9 Å². The molecule has 3 N–H and O–H groups in total. The SMILES string of the molecule is CCCCCCOc1ccc(C(=O)NC(=S)NNC(=O)Cc2ccc(Cl)cc2)cc1. The van der Waals surface area contributed by atoms with Crippen LogP contribution in [-0.2, 0) is 11.2 Å². The standard InChI is InChI=1S/C22H26ClN3O3S/c1-2-3-4-5-14-29-19-12-8-17(9-13-19)21(28)24-22(30)26-25-20(27)15-16-6-10-18(23)11-7-16/h6-13H,2-5,14-15H2,1H3,(H,25,27)(H2,24,26,28,30). The molecule has 0 spiro atoms. The average Bonchev–Trinajstić information content (AvgIpc) is 2.74. The van der Waals surface area contributed by atoms with E-state index in [0.29, 0.717) is 17.2 Å². The van der Waals surface area contributed by atoms with Crippen molar-refractivity contribution in [3.8, 4) is 5.75 Å². The van der Waals surface area contributed by atoms with Crippen LogP contribution in [0.3, 0.4) is 0 Å². The van der Waals surface area contributed by atoms with Crippen molar-refractivity contribution in [3.05, 3.63) is 64.7 Å². The minimum absolute atomic E-state index is 0.000654. The van der Waals surface area contributed by atoms with Crippen molar-refractivity contribution >= 4 is 40.7 Å². The number of halogens is 1. The minimum atomic E-state index is -0.381. The van der Waals surface area contributed by atoms with Crippen LogP contribution in [-0.4, -0.2) is 23.5 Å². The lowest BCUT2D eigenvalue weighted by Crippen LogP contribution is -2.48. The summed E-state index contributed by atoms with van der Waals surface area (Å²) in [5, 5.41) is 3.12. The number of benzene rings is 2. The van der Waals surface area contributed by atoms with Crippen LogP contribution in [0.25, 0.3) is 0 Å². The van der Waals surface area contributed by atoms with Crippen molar-refractivity contribution in [2.75, 3.05) is 6.61 Å². The van der Waals surface area contributed by atoms with Gasteiger partial charge in [0.15, 0.2) is 5.11 Å². The fraction of sp³-hybridized carbons (Fsp3) is 0.318. The van der Waals surface area contributed by atoms with Gasteiger partial charge in [-0.15, -0.1) is 0 Å². The molecule has 0 saturated carbocycles. The van der Waals surface area contributed by atoms with Crippen LogP contribution in [0, 0.1) is 0 Å². The number of amides is 2. The number of hydrogen-bond donors (Lipinski definition) is 3. The monoisotopic (exact) mass is 447 g/mol. The molecule has 2 aromatic carbocycles. The number of thiocarbonyl (C=S) groups is 1. The smallest absolute Gasteiger partial charge is 0.257 e. The lowest BCUT2D eigenvalue weighted by atomic mass is 10.1. The lowest BCUT2D eigenvalue weighted by molar-refractivity contribution is -0.121. The molecule has 2 rings (SSSR count). The highest BCUT2D eigenvalue weighted by atomic mass is 35.5. The fourth-order valence-corrected chi connectivity index (χ4v) is 2.86. The molecule has 160 valence electrons. The summed E-state index contributed by atoms with van der Waals surface area (Å²) in [6, 6.07) is 13.8. The summed E-state index contributed by atoms with van der Waals surface area (Å²) in [6.45, 7) is 2.83. The number of unbranched alkanes of at least 4 members (excludes halogenated alkanes) is 3. The van der Waals surface area contributed by atoms with E-state index in [-0.39, 0.29) is 23.3 Å². The topological polar surface area (TPSA) is 79.5 Å². The summed E-state index contributed by atoms with van der Waals surface area (Å²) < 4.78 is 5.66.